The van der Waals surface area contributed by atoms with Crippen LogP contribution >= 0.6 is 22.6 Å². The van der Waals surface area contributed by atoms with E-state index in [1.54, 1.807) is 7.11 Å². The third-order valence-corrected chi connectivity index (χ3v) is 1.39. The summed E-state index contributed by atoms with van der Waals surface area (Å²) in [6.45, 7) is 4.04. The number of alkyl halides is 1. The molecule has 0 aliphatic heterocycles. The summed E-state index contributed by atoms with van der Waals surface area (Å²) in [5.41, 5.74) is 0. The van der Waals surface area contributed by atoms with Gasteiger partial charge >= 0.3 is 0 Å². The molecule has 0 saturated carbocycles. The highest BCUT2D eigenvalue weighted by Gasteiger charge is 1.90. The fourth-order valence-corrected chi connectivity index (χ4v) is 0.829. The Morgan fingerprint density at radius 3 is 2.78 bits per heavy atom. The summed E-state index contributed by atoms with van der Waals surface area (Å²) < 4.78 is 5.45. The van der Waals surface area contributed by atoms with Crippen molar-refractivity contribution in [1.29, 1.82) is 0 Å². The molecule has 0 amide bonds. The third-order valence-electron chi connectivity index (χ3n) is 0.951. The Morgan fingerprint density at radius 1 is 1.67 bits per heavy atom. The summed E-state index contributed by atoms with van der Waals surface area (Å²) in [5.74, 6) is 0. The number of hydrogen-bond acceptors (Lipinski definition) is 2. The maximum absolute atomic E-state index is 4.88. The van der Waals surface area contributed by atoms with Crippen LogP contribution in [0.1, 0.15) is 13.3 Å². The van der Waals surface area contributed by atoms with Crippen LogP contribution in [0.4, 0.5) is 0 Å². The van der Waals surface area contributed by atoms with Gasteiger partial charge < -0.3 is 10.1 Å². The summed E-state index contributed by atoms with van der Waals surface area (Å²) in [6, 6.07) is 0. The van der Waals surface area contributed by atoms with Crippen molar-refractivity contribution >= 4 is 22.6 Å². The molecule has 0 fully saturated rings. The number of rotatable bonds is 5. The molecule has 1 N–H and O–H groups in total. The topological polar surface area (TPSA) is 21.3 Å². The molecule has 0 aliphatic carbocycles. The first-order valence-electron chi connectivity index (χ1n) is 3.13. The van der Waals surface area contributed by atoms with Crippen LogP contribution in [-0.2, 0) is 4.74 Å². The van der Waals surface area contributed by atoms with Crippen molar-refractivity contribution < 1.29 is 4.74 Å². The van der Waals surface area contributed by atoms with Crippen molar-refractivity contribution in [2.24, 2.45) is 0 Å². The zero-order valence-electron chi connectivity index (χ0n) is 5.98. The van der Waals surface area contributed by atoms with Gasteiger partial charge in [0.2, 0.25) is 0 Å². The van der Waals surface area contributed by atoms with Crippen LogP contribution < -0.4 is 5.32 Å². The smallest absolute Gasteiger partial charge is 0.0564 e. The van der Waals surface area contributed by atoms with Gasteiger partial charge in [0.25, 0.3) is 0 Å². The van der Waals surface area contributed by atoms with Crippen molar-refractivity contribution in [2.75, 3.05) is 20.3 Å². The lowest BCUT2D eigenvalue weighted by Gasteiger charge is -2.04. The molecule has 0 radical (unpaired) electrons. The Hall–Kier alpha value is 0.650. The van der Waals surface area contributed by atoms with Gasteiger partial charge in [-0.1, -0.05) is 22.6 Å². The van der Waals surface area contributed by atoms with Gasteiger partial charge in [0.05, 0.1) is 4.05 Å². The Bertz CT molecular complexity index is 59.0. The van der Waals surface area contributed by atoms with Crippen LogP contribution in [0.2, 0.25) is 0 Å². The largest absolute Gasteiger partial charge is 0.385 e. The van der Waals surface area contributed by atoms with E-state index >= 15 is 0 Å². The van der Waals surface area contributed by atoms with E-state index in [0.29, 0.717) is 4.05 Å². The van der Waals surface area contributed by atoms with Crippen molar-refractivity contribution in [3.05, 3.63) is 0 Å². The molecule has 0 aromatic rings. The molecule has 0 aliphatic rings. The second kappa shape index (κ2) is 6.77. The van der Waals surface area contributed by atoms with Crippen molar-refractivity contribution in [3.63, 3.8) is 0 Å². The first-order valence-corrected chi connectivity index (χ1v) is 4.38. The highest BCUT2D eigenvalue weighted by atomic mass is 127. The summed E-state index contributed by atoms with van der Waals surface area (Å²) in [6.07, 6.45) is 1.10. The third kappa shape index (κ3) is 8.65. The van der Waals surface area contributed by atoms with Gasteiger partial charge in [0.1, 0.15) is 0 Å². The Kier molecular flexibility index (Phi) is 7.25. The summed E-state index contributed by atoms with van der Waals surface area (Å²) in [4.78, 5) is 0. The number of methoxy groups -OCH3 is 1. The monoisotopic (exact) mass is 243 g/mol. The maximum atomic E-state index is 4.88. The van der Waals surface area contributed by atoms with E-state index in [1.165, 1.54) is 0 Å². The van der Waals surface area contributed by atoms with E-state index in [0.717, 1.165) is 19.6 Å². The summed E-state index contributed by atoms with van der Waals surface area (Å²) in [7, 11) is 1.73. The van der Waals surface area contributed by atoms with Crippen molar-refractivity contribution in [2.45, 2.75) is 17.4 Å². The lowest BCUT2D eigenvalue weighted by molar-refractivity contribution is 0.194. The molecule has 0 aromatic heterocycles. The van der Waals surface area contributed by atoms with Crippen LogP contribution in [0.3, 0.4) is 0 Å². The molecule has 0 spiro atoms. The second-order valence-corrected chi connectivity index (χ2v) is 3.78. The van der Waals surface area contributed by atoms with Crippen molar-refractivity contribution in [3.8, 4) is 0 Å². The quantitative estimate of drug-likeness (QED) is 0.341. The first kappa shape index (κ1) is 9.65. The minimum absolute atomic E-state index is 0.569. The predicted octanol–water partition coefficient (Wildman–Crippen LogP) is 1.39. The molecule has 0 bridgehead atoms. The fraction of sp³-hybridized carbons (Fsp3) is 1.00. The van der Waals surface area contributed by atoms with Gasteiger partial charge in [-0.15, -0.1) is 0 Å². The van der Waals surface area contributed by atoms with Gasteiger partial charge in [0, 0.05) is 13.7 Å². The molecule has 0 rings (SSSR count). The number of hydrogen-bond donors (Lipinski definition) is 1. The van der Waals surface area contributed by atoms with E-state index < -0.39 is 0 Å². The molecule has 0 saturated heterocycles. The first-order chi connectivity index (χ1) is 4.27. The standard InChI is InChI=1S/C6H14INO/c1-6(7)8-4-3-5-9-2/h6,8H,3-5H2,1-2H3. The van der Waals surface area contributed by atoms with E-state index in [1.807, 2.05) is 0 Å². The Balaban J connectivity index is 2.75. The molecular weight excluding hydrogens is 229 g/mol. The van der Waals surface area contributed by atoms with Crippen LogP contribution in [0, 0.1) is 0 Å². The van der Waals surface area contributed by atoms with Crippen molar-refractivity contribution in [1.82, 2.24) is 5.32 Å². The molecule has 56 valence electrons. The number of nitrogens with one attached hydrogen (secondary N) is 1. The molecule has 0 heterocycles. The molecular formula is C6H14INO. The predicted molar refractivity (Wildman–Crippen MR) is 48.0 cm³/mol. The van der Waals surface area contributed by atoms with Gasteiger partial charge in [-0.05, 0) is 19.9 Å². The molecule has 1 unspecified atom stereocenters. The van der Waals surface area contributed by atoms with E-state index in [4.69, 9.17) is 4.74 Å². The summed E-state index contributed by atoms with van der Waals surface area (Å²) >= 11 is 2.34. The van der Waals surface area contributed by atoms with Crippen LogP contribution in [0.5, 0.6) is 0 Å². The van der Waals surface area contributed by atoms with E-state index in [-0.39, 0.29) is 0 Å². The fourth-order valence-electron chi connectivity index (χ4n) is 0.517. The molecule has 9 heavy (non-hydrogen) atoms. The minimum atomic E-state index is 0.569. The lowest BCUT2D eigenvalue weighted by atomic mass is 10.4. The minimum Gasteiger partial charge on any atom is -0.385 e. The average molecular weight is 243 g/mol. The lowest BCUT2D eigenvalue weighted by Crippen LogP contribution is -2.21. The second-order valence-electron chi connectivity index (χ2n) is 1.92. The zero-order valence-corrected chi connectivity index (χ0v) is 8.14. The Labute approximate surface area is 70.5 Å². The SMILES string of the molecule is COCCCNC(C)I. The zero-order chi connectivity index (χ0) is 7.11. The van der Waals surface area contributed by atoms with Gasteiger partial charge in [-0.25, -0.2) is 0 Å². The van der Waals surface area contributed by atoms with E-state index in [9.17, 15) is 0 Å². The average Bonchev–Trinajstić information content (AvgIpc) is 1.80. The number of halogens is 1. The normalized spacial score (nSPS) is 13.7. The van der Waals surface area contributed by atoms with Gasteiger partial charge in [0.15, 0.2) is 0 Å². The molecule has 3 heteroatoms. The van der Waals surface area contributed by atoms with Gasteiger partial charge in [-0.2, -0.15) is 0 Å². The van der Waals surface area contributed by atoms with Gasteiger partial charge in [-0.3, -0.25) is 0 Å². The molecule has 2 nitrogen and oxygen atoms in total. The Morgan fingerprint density at radius 2 is 2.33 bits per heavy atom. The number of ether oxygens (including phenoxy) is 1. The van der Waals surface area contributed by atoms with E-state index in [2.05, 4.69) is 34.8 Å². The summed E-state index contributed by atoms with van der Waals surface area (Å²) in [5, 5.41) is 3.29. The molecule has 0 aromatic carbocycles. The maximum Gasteiger partial charge on any atom is 0.0564 e. The highest BCUT2D eigenvalue weighted by molar-refractivity contribution is 14.1. The highest BCUT2D eigenvalue weighted by Crippen LogP contribution is 1.91. The van der Waals surface area contributed by atoms with Crippen LogP contribution in [-0.4, -0.2) is 24.3 Å². The van der Waals surface area contributed by atoms with Crippen LogP contribution in [0.25, 0.3) is 0 Å². The van der Waals surface area contributed by atoms with Crippen LogP contribution in [0.15, 0.2) is 0 Å². The molecule has 1 atom stereocenters.